The van der Waals surface area contributed by atoms with Gasteiger partial charge in [0.15, 0.2) is 5.29 Å². The minimum Gasteiger partial charge on any atom is -0.465 e. The molecule has 2 heterocycles. The second-order valence-corrected chi connectivity index (χ2v) is 6.20. The maximum absolute atomic E-state index is 11.8. The number of carbonyl (C=O) groups excluding carboxylic acids is 1. The van der Waals surface area contributed by atoms with Crippen LogP contribution in [0.3, 0.4) is 0 Å². The Labute approximate surface area is 141 Å². The van der Waals surface area contributed by atoms with Crippen LogP contribution >= 0.6 is 11.6 Å². The average Bonchev–Trinajstić information content (AvgIpc) is 2.56. The van der Waals surface area contributed by atoms with Gasteiger partial charge >= 0.3 is 5.97 Å². The molecule has 6 heteroatoms. The zero-order valence-electron chi connectivity index (χ0n) is 13.4. The number of hydrogen-bond acceptors (Lipinski definition) is 5. The van der Waals surface area contributed by atoms with Gasteiger partial charge in [-0.1, -0.05) is 6.07 Å². The maximum atomic E-state index is 11.8. The van der Waals surface area contributed by atoms with Crippen molar-refractivity contribution in [3.63, 3.8) is 0 Å². The molecule has 1 aromatic carbocycles. The van der Waals surface area contributed by atoms with Crippen molar-refractivity contribution in [2.24, 2.45) is 4.99 Å². The molecule has 1 saturated heterocycles. The molecule has 0 N–H and O–H groups in total. The van der Waals surface area contributed by atoms with Crippen LogP contribution in [0.1, 0.15) is 31.7 Å². The zero-order valence-corrected chi connectivity index (χ0v) is 14.2. The third kappa shape index (κ3) is 3.61. The lowest BCUT2D eigenvalue weighted by Crippen LogP contribution is -2.37. The highest BCUT2D eigenvalue weighted by Crippen LogP contribution is 2.35. The van der Waals surface area contributed by atoms with Crippen LogP contribution in [0.2, 0.25) is 0 Å². The molecule has 0 aliphatic carbocycles. The van der Waals surface area contributed by atoms with E-state index in [1.807, 2.05) is 12.1 Å². The molecule has 124 valence electrons. The molecule has 1 aromatic rings. The summed E-state index contributed by atoms with van der Waals surface area (Å²) in [5.74, 6) is -0.278. The predicted molar refractivity (Wildman–Crippen MR) is 92.5 cm³/mol. The highest BCUT2D eigenvalue weighted by atomic mass is 35.5. The Hall–Kier alpha value is -1.75. The first-order valence-electron chi connectivity index (χ1n) is 8.20. The lowest BCUT2D eigenvalue weighted by Gasteiger charge is -2.34. The summed E-state index contributed by atoms with van der Waals surface area (Å²) in [7, 11) is 0. The van der Waals surface area contributed by atoms with Crippen LogP contribution in [0.4, 0.5) is 11.4 Å². The first-order chi connectivity index (χ1) is 11.2. The molecule has 0 bridgehead atoms. The molecule has 0 amide bonds. The van der Waals surface area contributed by atoms with Crippen LogP contribution in [-0.2, 0) is 16.1 Å². The average molecular weight is 336 g/mol. The van der Waals surface area contributed by atoms with Crippen LogP contribution in [0.25, 0.3) is 0 Å². The normalized spacial score (nSPS) is 17.6. The van der Waals surface area contributed by atoms with Crippen LogP contribution < -0.4 is 4.90 Å². The largest absolute Gasteiger partial charge is 0.465 e. The molecule has 2 aliphatic rings. The first-order valence-corrected chi connectivity index (χ1v) is 8.58. The number of anilines is 1. The van der Waals surface area contributed by atoms with Crippen LogP contribution in [-0.4, -0.2) is 42.4 Å². The third-order valence-electron chi connectivity index (χ3n) is 4.27. The Bertz CT molecular complexity index is 612. The molecular weight excluding hydrogens is 314 g/mol. The van der Waals surface area contributed by atoms with Gasteiger partial charge in [-0.2, -0.15) is 0 Å². The summed E-state index contributed by atoms with van der Waals surface area (Å²) < 4.78 is 5.02. The first kappa shape index (κ1) is 16.1. The molecule has 3 rings (SSSR count). The third-order valence-corrected chi connectivity index (χ3v) is 4.59. The van der Waals surface area contributed by atoms with Gasteiger partial charge in [-0.05, 0) is 49.9 Å². The van der Waals surface area contributed by atoms with E-state index in [1.54, 1.807) is 11.8 Å². The summed E-state index contributed by atoms with van der Waals surface area (Å²) in [6.07, 6.45) is 3.74. The monoisotopic (exact) mass is 335 g/mol. The van der Waals surface area contributed by atoms with Gasteiger partial charge in [0.1, 0.15) is 6.54 Å². The van der Waals surface area contributed by atoms with Crippen molar-refractivity contribution in [1.82, 2.24) is 4.90 Å². The standard InChI is InChI=1S/C17H22ClN3O2/c1-2-23-16(22)12-21-11-13-14(19-17(21)18)7-6-8-15(13)20-9-4-3-5-10-20/h6-8H,2-5,9-12H2,1H3. The smallest absolute Gasteiger partial charge is 0.325 e. The molecule has 1 fully saturated rings. The number of ether oxygens (including phenoxy) is 1. The number of fused-ring (bicyclic) bond motifs is 1. The molecular formula is C17H22ClN3O2. The number of rotatable bonds is 4. The minimum absolute atomic E-state index is 0.129. The topological polar surface area (TPSA) is 45.1 Å². The van der Waals surface area contributed by atoms with Gasteiger partial charge in [-0.3, -0.25) is 4.79 Å². The number of benzene rings is 1. The lowest BCUT2D eigenvalue weighted by molar-refractivity contribution is -0.143. The number of halogens is 1. The van der Waals surface area contributed by atoms with Crippen molar-refractivity contribution in [1.29, 1.82) is 0 Å². The summed E-state index contributed by atoms with van der Waals surface area (Å²) in [5, 5.41) is 0.348. The van der Waals surface area contributed by atoms with Gasteiger partial charge in [-0.25, -0.2) is 4.99 Å². The number of amidine groups is 1. The fourth-order valence-electron chi connectivity index (χ4n) is 3.17. The molecule has 2 aliphatic heterocycles. The molecule has 0 aromatic heterocycles. The van der Waals surface area contributed by atoms with Crippen LogP contribution in [0.15, 0.2) is 23.2 Å². The highest BCUT2D eigenvalue weighted by Gasteiger charge is 2.25. The summed E-state index contributed by atoms with van der Waals surface area (Å²) in [4.78, 5) is 20.4. The summed E-state index contributed by atoms with van der Waals surface area (Å²) >= 11 is 6.25. The fraction of sp³-hybridized carbons (Fsp3) is 0.529. The van der Waals surface area contributed by atoms with Crippen molar-refractivity contribution in [3.05, 3.63) is 23.8 Å². The van der Waals surface area contributed by atoms with E-state index in [4.69, 9.17) is 16.3 Å². The Morgan fingerprint density at radius 3 is 2.83 bits per heavy atom. The van der Waals surface area contributed by atoms with E-state index in [2.05, 4.69) is 16.0 Å². The van der Waals surface area contributed by atoms with E-state index in [0.29, 0.717) is 18.4 Å². The number of hydrogen-bond donors (Lipinski definition) is 0. The quantitative estimate of drug-likeness (QED) is 0.625. The van der Waals surface area contributed by atoms with Gasteiger partial charge in [0.2, 0.25) is 0 Å². The molecule has 0 radical (unpaired) electrons. The number of piperidine rings is 1. The molecule has 0 spiro atoms. The van der Waals surface area contributed by atoms with Gasteiger partial charge < -0.3 is 14.5 Å². The van der Waals surface area contributed by atoms with Crippen molar-refractivity contribution < 1.29 is 9.53 Å². The zero-order chi connectivity index (χ0) is 16.2. The van der Waals surface area contributed by atoms with E-state index >= 15 is 0 Å². The highest BCUT2D eigenvalue weighted by molar-refractivity contribution is 6.65. The van der Waals surface area contributed by atoms with Crippen molar-refractivity contribution in [2.75, 3.05) is 31.1 Å². The second-order valence-electron chi connectivity index (χ2n) is 5.86. The van der Waals surface area contributed by atoms with Gasteiger partial charge in [0.05, 0.1) is 18.8 Å². The number of esters is 1. The molecule has 0 unspecified atom stereocenters. The van der Waals surface area contributed by atoms with E-state index in [9.17, 15) is 4.79 Å². The van der Waals surface area contributed by atoms with E-state index in [-0.39, 0.29) is 12.5 Å². The van der Waals surface area contributed by atoms with E-state index < -0.39 is 0 Å². The van der Waals surface area contributed by atoms with Gasteiger partial charge in [-0.15, -0.1) is 0 Å². The lowest BCUT2D eigenvalue weighted by atomic mass is 10.0. The fourth-order valence-corrected chi connectivity index (χ4v) is 3.38. The van der Waals surface area contributed by atoms with Crippen molar-refractivity contribution >= 4 is 34.2 Å². The minimum atomic E-state index is -0.278. The maximum Gasteiger partial charge on any atom is 0.325 e. The van der Waals surface area contributed by atoms with Gasteiger partial charge in [0.25, 0.3) is 0 Å². The molecule has 23 heavy (non-hydrogen) atoms. The Balaban J connectivity index is 1.84. The SMILES string of the molecule is CCOC(=O)CN1Cc2c(cccc2N2CCCCC2)N=C1Cl. The van der Waals surface area contributed by atoms with Gasteiger partial charge in [0, 0.05) is 24.3 Å². The van der Waals surface area contributed by atoms with Crippen LogP contribution in [0, 0.1) is 0 Å². The van der Waals surface area contributed by atoms with Crippen molar-refractivity contribution in [2.45, 2.75) is 32.7 Å². The molecule has 0 atom stereocenters. The Kier molecular flexibility index (Phi) is 5.06. The summed E-state index contributed by atoms with van der Waals surface area (Å²) in [5.41, 5.74) is 3.25. The number of aliphatic imine (C=N–C) groups is 1. The summed E-state index contributed by atoms with van der Waals surface area (Å²) in [6, 6.07) is 6.14. The molecule has 0 saturated carbocycles. The Morgan fingerprint density at radius 1 is 1.30 bits per heavy atom. The Morgan fingerprint density at radius 2 is 2.09 bits per heavy atom. The van der Waals surface area contributed by atoms with E-state index in [1.165, 1.54) is 24.9 Å². The van der Waals surface area contributed by atoms with Crippen LogP contribution in [0.5, 0.6) is 0 Å². The summed E-state index contributed by atoms with van der Waals surface area (Å²) in [6.45, 7) is 5.04. The predicted octanol–water partition coefficient (Wildman–Crippen LogP) is 3.28. The van der Waals surface area contributed by atoms with E-state index in [0.717, 1.165) is 24.3 Å². The number of nitrogens with zero attached hydrogens (tertiary/aromatic N) is 3. The molecule has 5 nitrogen and oxygen atoms in total. The second kappa shape index (κ2) is 7.21. The van der Waals surface area contributed by atoms with Crippen molar-refractivity contribution in [3.8, 4) is 0 Å². The number of carbonyl (C=O) groups is 1.